The molecule has 0 saturated heterocycles. The summed E-state index contributed by atoms with van der Waals surface area (Å²) in [6.07, 6.45) is 1.48. The van der Waals surface area contributed by atoms with Crippen LogP contribution in [0.1, 0.15) is 0 Å². The molecular weight excluding hydrogens is 164 g/mol. The molecule has 0 fully saturated rings. The fourth-order valence-electron chi connectivity index (χ4n) is 0.862. The zero-order chi connectivity index (χ0) is 7.68. The molecule has 0 spiro atoms. The summed E-state index contributed by atoms with van der Waals surface area (Å²) in [6.45, 7) is 0. The van der Waals surface area contributed by atoms with Gasteiger partial charge in [-0.3, -0.25) is 0 Å². The van der Waals surface area contributed by atoms with Crippen LogP contribution in [0, 0.1) is 0 Å². The number of hydrogen-bond donors (Lipinski definition) is 1. The van der Waals surface area contributed by atoms with E-state index in [0.717, 1.165) is 5.69 Å². The van der Waals surface area contributed by atoms with Gasteiger partial charge in [-0.2, -0.15) is 0 Å². The number of nitrogens with one attached hydrogen (secondary N) is 1. The van der Waals surface area contributed by atoms with E-state index >= 15 is 0 Å². The van der Waals surface area contributed by atoms with Crippen LogP contribution in [0.4, 0.5) is 5.69 Å². The van der Waals surface area contributed by atoms with Crippen molar-refractivity contribution < 1.29 is 4.84 Å². The molecule has 1 aromatic carbocycles. The smallest absolute Gasteiger partial charge is 0.182 e. The van der Waals surface area contributed by atoms with Crippen LogP contribution in [0.3, 0.4) is 0 Å². The van der Waals surface area contributed by atoms with Gasteiger partial charge in [0.05, 0.1) is 0 Å². The first kappa shape index (κ1) is 6.49. The van der Waals surface area contributed by atoms with Crippen molar-refractivity contribution >= 4 is 23.6 Å². The first-order valence-electron chi connectivity index (χ1n) is 3.11. The van der Waals surface area contributed by atoms with Crippen LogP contribution in [-0.4, -0.2) is 6.34 Å². The Balaban J connectivity index is 2.53. The Morgan fingerprint density at radius 1 is 1.45 bits per heavy atom. The molecule has 11 heavy (non-hydrogen) atoms. The Labute approximate surface area is 68.6 Å². The molecule has 1 aromatic rings. The van der Waals surface area contributed by atoms with Crippen LogP contribution in [0.5, 0.6) is 5.75 Å². The fraction of sp³-hybridized carbons (Fsp3) is 0. The normalized spacial score (nSPS) is 13.2. The highest BCUT2D eigenvalue weighted by molar-refractivity contribution is 6.30. The maximum atomic E-state index is 5.72. The van der Waals surface area contributed by atoms with Crippen LogP contribution >= 0.6 is 11.6 Å². The Morgan fingerprint density at radius 2 is 2.36 bits per heavy atom. The van der Waals surface area contributed by atoms with E-state index in [9.17, 15) is 0 Å². The van der Waals surface area contributed by atoms with Crippen LogP contribution in [-0.2, 0) is 0 Å². The Bertz CT molecular complexity index is 311. The van der Waals surface area contributed by atoms with Gasteiger partial charge in [0, 0.05) is 11.1 Å². The van der Waals surface area contributed by atoms with Gasteiger partial charge < -0.3 is 4.84 Å². The molecule has 1 N–H and O–H groups in total. The summed E-state index contributed by atoms with van der Waals surface area (Å²) in [7, 11) is 0. The van der Waals surface area contributed by atoms with Crippen LogP contribution in [0.15, 0.2) is 23.2 Å². The van der Waals surface area contributed by atoms with Crippen molar-refractivity contribution in [3.63, 3.8) is 0 Å². The van der Waals surface area contributed by atoms with Gasteiger partial charge in [0.25, 0.3) is 0 Å². The van der Waals surface area contributed by atoms with Gasteiger partial charge in [0.15, 0.2) is 5.75 Å². The highest BCUT2D eigenvalue weighted by atomic mass is 35.5. The van der Waals surface area contributed by atoms with Crippen LogP contribution in [0.25, 0.3) is 0 Å². The van der Waals surface area contributed by atoms with Crippen molar-refractivity contribution in [3.05, 3.63) is 23.2 Å². The molecule has 4 heteroatoms. The molecule has 0 atom stereocenters. The SMILES string of the molecule is Clc1ccc2c(c1)ONC=N2. The molecule has 56 valence electrons. The highest BCUT2D eigenvalue weighted by Gasteiger charge is 2.05. The van der Waals surface area contributed by atoms with E-state index in [1.54, 1.807) is 18.2 Å². The van der Waals surface area contributed by atoms with E-state index < -0.39 is 0 Å². The lowest BCUT2D eigenvalue weighted by Crippen LogP contribution is -2.18. The van der Waals surface area contributed by atoms with Crippen molar-refractivity contribution in [1.82, 2.24) is 5.48 Å². The first-order chi connectivity index (χ1) is 5.36. The predicted molar refractivity (Wildman–Crippen MR) is 43.4 cm³/mol. The number of aliphatic imine (C=N–C) groups is 1. The Morgan fingerprint density at radius 3 is 3.27 bits per heavy atom. The summed E-state index contributed by atoms with van der Waals surface area (Å²) in [5.41, 5.74) is 3.30. The number of halogens is 1. The molecule has 3 nitrogen and oxygen atoms in total. The molecular formula is C7H5ClN2O. The van der Waals surface area contributed by atoms with E-state index in [4.69, 9.17) is 16.4 Å². The zero-order valence-electron chi connectivity index (χ0n) is 5.54. The molecule has 0 radical (unpaired) electrons. The van der Waals surface area contributed by atoms with Gasteiger partial charge in [-0.05, 0) is 12.1 Å². The third kappa shape index (κ3) is 1.14. The minimum absolute atomic E-state index is 0.641. The number of rotatable bonds is 0. The third-order valence-corrected chi connectivity index (χ3v) is 1.58. The number of hydrogen-bond acceptors (Lipinski definition) is 3. The molecule has 0 aromatic heterocycles. The molecule has 0 unspecified atom stereocenters. The maximum absolute atomic E-state index is 5.72. The van der Waals surface area contributed by atoms with Crippen molar-refractivity contribution in [2.24, 2.45) is 4.99 Å². The second-order valence-electron chi connectivity index (χ2n) is 2.09. The summed E-state index contributed by atoms with van der Waals surface area (Å²) in [4.78, 5) is 9.03. The lowest BCUT2D eigenvalue weighted by atomic mass is 10.3. The van der Waals surface area contributed by atoms with Crippen molar-refractivity contribution in [2.75, 3.05) is 0 Å². The van der Waals surface area contributed by atoms with Gasteiger partial charge in [-0.15, -0.1) is 0 Å². The lowest BCUT2D eigenvalue weighted by molar-refractivity contribution is 0.264. The Hall–Kier alpha value is -1.22. The highest BCUT2D eigenvalue weighted by Crippen LogP contribution is 2.30. The van der Waals surface area contributed by atoms with Gasteiger partial charge in [0.1, 0.15) is 12.0 Å². The number of nitrogens with zero attached hydrogens (tertiary/aromatic N) is 1. The van der Waals surface area contributed by atoms with Crippen LogP contribution in [0.2, 0.25) is 5.02 Å². The van der Waals surface area contributed by atoms with Crippen molar-refractivity contribution in [1.29, 1.82) is 0 Å². The minimum Gasteiger partial charge on any atom is -0.379 e. The summed E-state index contributed by atoms with van der Waals surface area (Å²) >= 11 is 5.72. The lowest BCUT2D eigenvalue weighted by Gasteiger charge is -2.10. The molecule has 1 heterocycles. The van der Waals surface area contributed by atoms with E-state index in [-0.39, 0.29) is 0 Å². The van der Waals surface area contributed by atoms with E-state index in [2.05, 4.69) is 10.5 Å². The minimum atomic E-state index is 0.641. The fourth-order valence-corrected chi connectivity index (χ4v) is 1.02. The van der Waals surface area contributed by atoms with Gasteiger partial charge in [0.2, 0.25) is 0 Å². The standard InChI is InChI=1S/C7H5ClN2O/c8-5-1-2-6-7(3-5)11-10-4-9-6/h1-4H,(H,9,10). The largest absolute Gasteiger partial charge is 0.379 e. The van der Waals surface area contributed by atoms with Gasteiger partial charge >= 0.3 is 0 Å². The summed E-state index contributed by atoms with van der Waals surface area (Å²) in [5, 5.41) is 0.641. The van der Waals surface area contributed by atoms with Crippen molar-refractivity contribution in [3.8, 4) is 5.75 Å². The molecule has 0 saturated carbocycles. The van der Waals surface area contributed by atoms with Crippen molar-refractivity contribution in [2.45, 2.75) is 0 Å². The van der Waals surface area contributed by atoms with Gasteiger partial charge in [-0.25, -0.2) is 10.5 Å². The first-order valence-corrected chi connectivity index (χ1v) is 3.48. The van der Waals surface area contributed by atoms with E-state index in [1.807, 2.05) is 0 Å². The number of fused-ring (bicyclic) bond motifs is 1. The second-order valence-corrected chi connectivity index (χ2v) is 2.53. The van der Waals surface area contributed by atoms with E-state index in [0.29, 0.717) is 10.8 Å². The molecule has 1 aliphatic heterocycles. The van der Waals surface area contributed by atoms with E-state index in [1.165, 1.54) is 6.34 Å². The Kier molecular flexibility index (Phi) is 1.43. The molecule has 2 rings (SSSR count). The topological polar surface area (TPSA) is 33.6 Å². The molecule has 0 amide bonds. The number of hydroxylamine groups is 1. The van der Waals surface area contributed by atoms with Gasteiger partial charge in [-0.1, -0.05) is 11.6 Å². The predicted octanol–water partition coefficient (Wildman–Crippen LogP) is 1.90. The number of benzene rings is 1. The second kappa shape index (κ2) is 2.43. The maximum Gasteiger partial charge on any atom is 0.182 e. The zero-order valence-corrected chi connectivity index (χ0v) is 6.30. The molecule has 0 bridgehead atoms. The summed E-state index contributed by atoms with van der Waals surface area (Å²) in [5.74, 6) is 0.653. The molecule has 0 aliphatic carbocycles. The third-order valence-electron chi connectivity index (χ3n) is 1.35. The quantitative estimate of drug-likeness (QED) is 0.642. The van der Waals surface area contributed by atoms with Crippen LogP contribution < -0.4 is 10.3 Å². The average Bonchev–Trinajstić information content (AvgIpc) is 2.04. The monoisotopic (exact) mass is 168 g/mol. The average molecular weight is 169 g/mol. The molecule has 1 aliphatic rings. The summed E-state index contributed by atoms with van der Waals surface area (Å²) in [6, 6.07) is 5.28. The summed E-state index contributed by atoms with van der Waals surface area (Å²) < 4.78 is 0.